The minimum Gasteiger partial charge on any atom is -0.304 e. The predicted octanol–water partition coefficient (Wildman–Crippen LogP) is -0.416. The lowest BCUT2D eigenvalue weighted by Gasteiger charge is -2.31. The van der Waals surface area contributed by atoms with Crippen molar-refractivity contribution >= 4 is 29.7 Å². The molecule has 1 atom stereocenters. The highest BCUT2D eigenvalue weighted by Crippen LogP contribution is 2.27. The molecule has 1 aromatic carbocycles. The quantitative estimate of drug-likeness (QED) is 0.648. The fourth-order valence-corrected chi connectivity index (χ4v) is 9.13. The summed E-state index contributed by atoms with van der Waals surface area (Å²) in [7, 11) is -9.14. The molecule has 26 heavy (non-hydrogen) atoms. The lowest BCUT2D eigenvalue weighted by Crippen LogP contribution is -2.47. The van der Waals surface area contributed by atoms with Gasteiger partial charge in [0.05, 0.1) is 26.5 Å². The van der Waals surface area contributed by atoms with Gasteiger partial charge in [0.2, 0.25) is 10.0 Å². The first-order valence-electron chi connectivity index (χ1n) is 8.25. The Morgan fingerprint density at radius 3 is 2.19 bits per heavy atom. The van der Waals surface area contributed by atoms with E-state index in [1.54, 1.807) is 0 Å². The first-order valence-corrected chi connectivity index (χ1v) is 13.1. The first kappa shape index (κ1) is 19.7. The van der Waals surface area contributed by atoms with E-state index in [9.17, 15) is 25.3 Å². The molecule has 0 unspecified atom stereocenters. The fourth-order valence-electron chi connectivity index (χ4n) is 3.19. The maximum atomic E-state index is 12.8. The molecule has 1 aromatic rings. The monoisotopic (exact) mass is 422 g/mol. The average molecular weight is 423 g/mol. The SMILES string of the molecule is CN1CCN(S(=O)(=O)c2cccc(S(=O)(=O)[C@H]3CCS(=O)(=O)C3)c2)CC1. The van der Waals surface area contributed by atoms with Gasteiger partial charge in [0.15, 0.2) is 19.7 Å². The number of piperazine rings is 1. The smallest absolute Gasteiger partial charge is 0.243 e. The number of likely N-dealkylation sites (N-methyl/N-ethyl adjacent to an activating group) is 1. The zero-order valence-corrected chi connectivity index (χ0v) is 16.9. The van der Waals surface area contributed by atoms with Gasteiger partial charge in [-0.1, -0.05) is 6.07 Å². The van der Waals surface area contributed by atoms with Crippen molar-refractivity contribution in [2.75, 3.05) is 44.7 Å². The van der Waals surface area contributed by atoms with Crippen molar-refractivity contribution in [1.82, 2.24) is 9.21 Å². The third-order valence-electron chi connectivity index (χ3n) is 4.86. The van der Waals surface area contributed by atoms with Gasteiger partial charge in [-0.2, -0.15) is 4.31 Å². The highest BCUT2D eigenvalue weighted by atomic mass is 32.2. The summed E-state index contributed by atoms with van der Waals surface area (Å²) in [5.74, 6) is -0.568. The van der Waals surface area contributed by atoms with Crippen molar-refractivity contribution in [3.05, 3.63) is 24.3 Å². The summed E-state index contributed by atoms with van der Waals surface area (Å²) in [5, 5.41) is -1.02. The van der Waals surface area contributed by atoms with E-state index in [-0.39, 0.29) is 22.0 Å². The standard InChI is InChI=1S/C15H22N2O6S3/c1-16-6-8-17(9-7-16)26(22,23)14-4-2-3-13(11-14)25(20,21)15-5-10-24(18,19)12-15/h2-4,11,15H,5-10,12H2,1H3/t15-/m0/s1. The summed E-state index contributed by atoms with van der Waals surface area (Å²) in [4.78, 5) is 1.80. The zero-order valence-electron chi connectivity index (χ0n) is 14.4. The maximum absolute atomic E-state index is 12.8. The summed E-state index contributed by atoms with van der Waals surface area (Å²) in [5.41, 5.74) is 0. The van der Waals surface area contributed by atoms with E-state index in [2.05, 4.69) is 0 Å². The van der Waals surface area contributed by atoms with Gasteiger partial charge >= 0.3 is 0 Å². The van der Waals surface area contributed by atoms with Crippen LogP contribution in [0.3, 0.4) is 0 Å². The summed E-state index contributed by atoms with van der Waals surface area (Å²) in [6.45, 7) is 1.90. The van der Waals surface area contributed by atoms with E-state index in [0.717, 1.165) is 6.07 Å². The molecule has 0 N–H and O–H groups in total. The number of hydrogen-bond acceptors (Lipinski definition) is 7. The van der Waals surface area contributed by atoms with Crippen molar-refractivity contribution in [3.8, 4) is 0 Å². The van der Waals surface area contributed by atoms with Gasteiger partial charge < -0.3 is 4.90 Å². The molecule has 0 radical (unpaired) electrons. The summed E-state index contributed by atoms with van der Waals surface area (Å²) in [6, 6.07) is 5.23. The van der Waals surface area contributed by atoms with Crippen molar-refractivity contribution in [3.63, 3.8) is 0 Å². The second-order valence-corrected chi connectivity index (χ2v) is 13.1. The van der Waals surface area contributed by atoms with Crippen LogP contribution in [0.1, 0.15) is 6.42 Å². The van der Waals surface area contributed by atoms with Crippen LogP contribution in [-0.2, 0) is 29.7 Å². The van der Waals surface area contributed by atoms with Gasteiger partial charge in [0, 0.05) is 26.2 Å². The van der Waals surface area contributed by atoms with Crippen molar-refractivity contribution < 1.29 is 25.3 Å². The van der Waals surface area contributed by atoms with E-state index >= 15 is 0 Å². The summed E-state index contributed by atoms with van der Waals surface area (Å²) in [6.07, 6.45) is 0.0418. The Labute approximate surface area is 154 Å². The van der Waals surface area contributed by atoms with Gasteiger partial charge in [-0.15, -0.1) is 0 Å². The maximum Gasteiger partial charge on any atom is 0.243 e. The number of rotatable bonds is 4. The lowest BCUT2D eigenvalue weighted by molar-refractivity contribution is 0.222. The van der Waals surface area contributed by atoms with Crippen LogP contribution in [0.2, 0.25) is 0 Å². The van der Waals surface area contributed by atoms with Crippen LogP contribution < -0.4 is 0 Å². The molecule has 11 heteroatoms. The molecule has 3 rings (SSSR count). The molecular formula is C15H22N2O6S3. The molecule has 2 fully saturated rings. The highest BCUT2D eigenvalue weighted by molar-refractivity contribution is 7.96. The summed E-state index contributed by atoms with van der Waals surface area (Å²) < 4.78 is 75.7. The van der Waals surface area contributed by atoms with E-state index < -0.39 is 40.7 Å². The van der Waals surface area contributed by atoms with Gasteiger partial charge in [-0.05, 0) is 31.7 Å². The molecule has 2 saturated heterocycles. The van der Waals surface area contributed by atoms with Gasteiger partial charge in [0.25, 0.3) is 0 Å². The lowest BCUT2D eigenvalue weighted by atomic mass is 10.4. The van der Waals surface area contributed by atoms with Crippen LogP contribution in [-0.4, -0.2) is 84.4 Å². The van der Waals surface area contributed by atoms with E-state index in [4.69, 9.17) is 0 Å². The van der Waals surface area contributed by atoms with Crippen molar-refractivity contribution in [1.29, 1.82) is 0 Å². The number of sulfone groups is 2. The Morgan fingerprint density at radius 1 is 1.00 bits per heavy atom. The minimum absolute atomic E-state index is 0.0418. The molecular weight excluding hydrogens is 400 g/mol. The molecule has 0 spiro atoms. The van der Waals surface area contributed by atoms with Crippen LogP contribution in [0, 0.1) is 0 Å². The molecule has 8 nitrogen and oxygen atoms in total. The second kappa shape index (κ2) is 6.86. The Balaban J connectivity index is 1.91. The molecule has 2 aliphatic rings. The Morgan fingerprint density at radius 2 is 1.62 bits per heavy atom. The molecule has 0 aromatic heterocycles. The van der Waals surface area contributed by atoms with E-state index in [1.165, 1.54) is 22.5 Å². The molecule has 0 aliphatic carbocycles. The van der Waals surface area contributed by atoms with Gasteiger partial charge in [0.1, 0.15) is 0 Å². The molecule has 2 heterocycles. The number of benzene rings is 1. The largest absolute Gasteiger partial charge is 0.304 e. The molecule has 2 aliphatic heterocycles. The number of nitrogens with zero attached hydrogens (tertiary/aromatic N) is 2. The van der Waals surface area contributed by atoms with Crippen LogP contribution >= 0.6 is 0 Å². The van der Waals surface area contributed by atoms with Gasteiger partial charge in [-0.3, -0.25) is 0 Å². The van der Waals surface area contributed by atoms with E-state index in [1.807, 2.05) is 11.9 Å². The number of sulfonamides is 1. The van der Waals surface area contributed by atoms with Crippen molar-refractivity contribution in [2.45, 2.75) is 21.5 Å². The van der Waals surface area contributed by atoms with Crippen LogP contribution in [0.25, 0.3) is 0 Å². The van der Waals surface area contributed by atoms with Crippen molar-refractivity contribution in [2.24, 2.45) is 0 Å². The van der Waals surface area contributed by atoms with Crippen LogP contribution in [0.5, 0.6) is 0 Å². The average Bonchev–Trinajstić information content (AvgIpc) is 2.96. The van der Waals surface area contributed by atoms with Crippen LogP contribution in [0.4, 0.5) is 0 Å². The fraction of sp³-hybridized carbons (Fsp3) is 0.600. The predicted molar refractivity (Wildman–Crippen MR) is 96.9 cm³/mol. The minimum atomic E-state index is -3.90. The molecule has 0 amide bonds. The highest BCUT2D eigenvalue weighted by Gasteiger charge is 2.38. The Hall–Kier alpha value is -1.01. The third-order valence-corrected chi connectivity index (χ3v) is 10.9. The number of hydrogen-bond donors (Lipinski definition) is 0. The first-order chi connectivity index (χ1) is 12.0. The second-order valence-electron chi connectivity index (χ2n) is 6.75. The van der Waals surface area contributed by atoms with Crippen LogP contribution in [0.15, 0.2) is 34.1 Å². The Kier molecular flexibility index (Phi) is 5.21. The Bertz CT molecular complexity index is 994. The zero-order chi connectivity index (χ0) is 19.2. The van der Waals surface area contributed by atoms with Gasteiger partial charge in [-0.25, -0.2) is 25.3 Å². The molecule has 0 saturated carbocycles. The third kappa shape index (κ3) is 3.81. The summed E-state index contributed by atoms with van der Waals surface area (Å²) >= 11 is 0. The normalized spacial score (nSPS) is 25.3. The van der Waals surface area contributed by atoms with E-state index in [0.29, 0.717) is 26.2 Å². The topological polar surface area (TPSA) is 109 Å². The molecule has 146 valence electrons. The molecule has 0 bridgehead atoms.